The second-order valence-corrected chi connectivity index (χ2v) is 4.87. The van der Waals surface area contributed by atoms with Crippen LogP contribution in [-0.4, -0.2) is 55.9 Å². The van der Waals surface area contributed by atoms with Crippen molar-refractivity contribution >= 4 is 17.3 Å². The van der Waals surface area contributed by atoms with Crippen molar-refractivity contribution in [1.29, 1.82) is 0 Å². The molecule has 1 aromatic carbocycles. The second-order valence-electron chi connectivity index (χ2n) is 4.87. The number of hydrogen-bond acceptors (Lipinski definition) is 5. The number of nitrogens with two attached hydrogens (primary N) is 1. The third kappa shape index (κ3) is 5.16. The van der Waals surface area contributed by atoms with Gasteiger partial charge in [0.25, 0.3) is 0 Å². The van der Waals surface area contributed by atoms with Gasteiger partial charge in [0.15, 0.2) is 0 Å². The minimum atomic E-state index is -0.605. The highest BCUT2D eigenvalue weighted by molar-refractivity contribution is 5.93. The number of aliphatic hydroxyl groups is 1. The molecular weight excluding hydrogens is 258 g/mol. The fraction of sp³-hybridized carbons (Fsp3) is 0.500. The average Bonchev–Trinajstić information content (AvgIpc) is 2.34. The van der Waals surface area contributed by atoms with Gasteiger partial charge in [-0.05, 0) is 31.7 Å². The lowest BCUT2D eigenvalue weighted by Gasteiger charge is -2.20. The molecule has 0 aliphatic rings. The molecule has 0 aliphatic carbocycles. The maximum absolute atomic E-state index is 11.9. The predicted octanol–water partition coefficient (Wildman–Crippen LogP) is 0.455. The van der Waals surface area contributed by atoms with Crippen molar-refractivity contribution in [3.8, 4) is 0 Å². The quantitative estimate of drug-likeness (QED) is 0.632. The Kier molecular flexibility index (Phi) is 6.44. The highest BCUT2D eigenvalue weighted by Crippen LogP contribution is 2.20. The van der Waals surface area contributed by atoms with Gasteiger partial charge < -0.3 is 20.9 Å². The number of hydrogen-bond donors (Lipinski definition) is 3. The van der Waals surface area contributed by atoms with Crippen molar-refractivity contribution in [3.63, 3.8) is 0 Å². The Labute approximate surface area is 119 Å². The Balaban J connectivity index is 2.49. The fourth-order valence-electron chi connectivity index (χ4n) is 1.89. The summed E-state index contributed by atoms with van der Waals surface area (Å²) < 4.78 is 4.84. The van der Waals surface area contributed by atoms with E-state index >= 15 is 0 Å². The molecule has 1 amide bonds. The number of ether oxygens (including phenoxy) is 1. The number of nitrogen functional groups attached to an aromatic ring is 1. The summed E-state index contributed by atoms with van der Waals surface area (Å²) in [7, 11) is 3.29. The van der Waals surface area contributed by atoms with Crippen molar-refractivity contribution in [1.82, 2.24) is 4.90 Å². The molecule has 1 rings (SSSR count). The Morgan fingerprint density at radius 2 is 2.25 bits per heavy atom. The second kappa shape index (κ2) is 7.84. The van der Waals surface area contributed by atoms with E-state index in [0.717, 1.165) is 5.56 Å². The fourth-order valence-corrected chi connectivity index (χ4v) is 1.89. The van der Waals surface area contributed by atoms with Crippen LogP contribution >= 0.6 is 0 Å². The van der Waals surface area contributed by atoms with E-state index < -0.39 is 6.10 Å². The summed E-state index contributed by atoms with van der Waals surface area (Å²) in [6.07, 6.45) is -0.605. The Morgan fingerprint density at radius 1 is 1.55 bits per heavy atom. The number of benzene rings is 1. The third-order valence-electron chi connectivity index (χ3n) is 2.94. The maximum Gasteiger partial charge on any atom is 0.238 e. The first-order chi connectivity index (χ1) is 9.43. The van der Waals surface area contributed by atoms with E-state index in [1.807, 2.05) is 13.0 Å². The number of nitrogens with zero attached hydrogens (tertiary/aromatic N) is 1. The lowest BCUT2D eigenvalue weighted by atomic mass is 10.1. The molecule has 0 spiro atoms. The average molecular weight is 281 g/mol. The molecule has 0 aliphatic heterocycles. The van der Waals surface area contributed by atoms with Gasteiger partial charge in [-0.1, -0.05) is 6.07 Å². The molecule has 6 nitrogen and oxygen atoms in total. The van der Waals surface area contributed by atoms with Crippen LogP contribution in [0.3, 0.4) is 0 Å². The summed E-state index contributed by atoms with van der Waals surface area (Å²) in [6.45, 7) is 2.67. The topological polar surface area (TPSA) is 87.8 Å². The van der Waals surface area contributed by atoms with Crippen LogP contribution in [0.15, 0.2) is 18.2 Å². The predicted molar refractivity (Wildman–Crippen MR) is 79.6 cm³/mol. The van der Waals surface area contributed by atoms with Gasteiger partial charge in [-0.3, -0.25) is 9.69 Å². The molecule has 4 N–H and O–H groups in total. The maximum atomic E-state index is 11.9. The molecule has 0 fully saturated rings. The van der Waals surface area contributed by atoms with Crippen LogP contribution in [0.4, 0.5) is 11.4 Å². The van der Waals surface area contributed by atoms with Crippen LogP contribution in [-0.2, 0) is 9.53 Å². The first kappa shape index (κ1) is 16.4. The van der Waals surface area contributed by atoms with Crippen LogP contribution in [0.5, 0.6) is 0 Å². The number of aliphatic hydroxyl groups excluding tert-OH is 1. The van der Waals surface area contributed by atoms with E-state index in [9.17, 15) is 9.90 Å². The van der Waals surface area contributed by atoms with Crippen molar-refractivity contribution in [2.75, 3.05) is 44.9 Å². The monoisotopic (exact) mass is 281 g/mol. The van der Waals surface area contributed by atoms with E-state index in [0.29, 0.717) is 17.9 Å². The lowest BCUT2D eigenvalue weighted by molar-refractivity contribution is -0.117. The molecule has 6 heteroatoms. The number of amides is 1. The van der Waals surface area contributed by atoms with E-state index in [1.54, 1.807) is 24.1 Å². The molecule has 1 aromatic rings. The standard InChI is InChI=1S/C14H23N3O3/c1-10-12(15)5-4-6-13(10)16-14(19)8-17(2)7-11(18)9-20-3/h4-6,11,18H,7-9,15H2,1-3H3,(H,16,19). The molecule has 1 unspecified atom stereocenters. The van der Waals surface area contributed by atoms with Crippen molar-refractivity contribution in [2.24, 2.45) is 0 Å². The molecule has 20 heavy (non-hydrogen) atoms. The van der Waals surface area contributed by atoms with Crippen molar-refractivity contribution < 1.29 is 14.6 Å². The molecule has 112 valence electrons. The minimum absolute atomic E-state index is 0.147. The van der Waals surface area contributed by atoms with Gasteiger partial charge in [0.2, 0.25) is 5.91 Å². The molecule has 1 atom stereocenters. The molecule has 0 radical (unpaired) electrons. The number of rotatable bonds is 7. The summed E-state index contributed by atoms with van der Waals surface area (Å²) >= 11 is 0. The van der Waals surface area contributed by atoms with Gasteiger partial charge in [-0.15, -0.1) is 0 Å². The highest BCUT2D eigenvalue weighted by Gasteiger charge is 2.12. The Bertz CT molecular complexity index is 451. The summed E-state index contributed by atoms with van der Waals surface area (Å²) in [6, 6.07) is 5.39. The zero-order valence-electron chi connectivity index (χ0n) is 12.2. The normalized spacial score (nSPS) is 12.4. The van der Waals surface area contributed by atoms with Gasteiger partial charge in [0, 0.05) is 25.0 Å². The Morgan fingerprint density at radius 3 is 2.90 bits per heavy atom. The van der Waals surface area contributed by atoms with E-state index in [4.69, 9.17) is 10.5 Å². The van der Waals surface area contributed by atoms with Crippen LogP contribution in [0.25, 0.3) is 0 Å². The van der Waals surface area contributed by atoms with E-state index in [1.165, 1.54) is 7.11 Å². The molecule has 0 saturated heterocycles. The van der Waals surface area contributed by atoms with Gasteiger partial charge >= 0.3 is 0 Å². The molecule has 0 heterocycles. The van der Waals surface area contributed by atoms with Gasteiger partial charge in [0.05, 0.1) is 19.3 Å². The van der Waals surface area contributed by atoms with E-state index in [-0.39, 0.29) is 19.1 Å². The largest absolute Gasteiger partial charge is 0.398 e. The smallest absolute Gasteiger partial charge is 0.238 e. The summed E-state index contributed by atoms with van der Waals surface area (Å²) in [4.78, 5) is 13.7. The Hall–Kier alpha value is -1.63. The molecule has 0 aromatic heterocycles. The van der Waals surface area contributed by atoms with Gasteiger partial charge in [-0.2, -0.15) is 0 Å². The van der Waals surface area contributed by atoms with Crippen LogP contribution in [0.1, 0.15) is 5.56 Å². The summed E-state index contributed by atoms with van der Waals surface area (Å²) in [5, 5.41) is 12.4. The molecule has 0 saturated carbocycles. The van der Waals surface area contributed by atoms with Gasteiger partial charge in [0.1, 0.15) is 0 Å². The zero-order chi connectivity index (χ0) is 15.1. The minimum Gasteiger partial charge on any atom is -0.398 e. The number of carbonyl (C=O) groups excluding carboxylic acids is 1. The van der Waals surface area contributed by atoms with Crippen molar-refractivity contribution in [2.45, 2.75) is 13.0 Å². The number of anilines is 2. The number of carbonyl (C=O) groups is 1. The summed E-state index contributed by atoms with van der Waals surface area (Å²) in [5.74, 6) is -0.147. The van der Waals surface area contributed by atoms with Crippen LogP contribution < -0.4 is 11.1 Å². The third-order valence-corrected chi connectivity index (χ3v) is 2.94. The first-order valence-electron chi connectivity index (χ1n) is 6.44. The SMILES string of the molecule is COCC(O)CN(C)CC(=O)Nc1cccc(N)c1C. The number of nitrogens with one attached hydrogen (secondary N) is 1. The highest BCUT2D eigenvalue weighted by atomic mass is 16.5. The summed E-state index contributed by atoms with van der Waals surface area (Å²) in [5.41, 5.74) is 7.99. The molecular formula is C14H23N3O3. The lowest BCUT2D eigenvalue weighted by Crippen LogP contribution is -2.37. The van der Waals surface area contributed by atoms with Crippen molar-refractivity contribution in [3.05, 3.63) is 23.8 Å². The van der Waals surface area contributed by atoms with Crippen LogP contribution in [0.2, 0.25) is 0 Å². The zero-order valence-corrected chi connectivity index (χ0v) is 12.2. The number of methoxy groups -OCH3 is 1. The first-order valence-corrected chi connectivity index (χ1v) is 6.44. The number of likely N-dealkylation sites (N-methyl/N-ethyl adjacent to an activating group) is 1. The molecule has 0 bridgehead atoms. The van der Waals surface area contributed by atoms with E-state index in [2.05, 4.69) is 5.32 Å². The van der Waals surface area contributed by atoms with Crippen LogP contribution in [0, 0.1) is 6.92 Å². The van der Waals surface area contributed by atoms with Gasteiger partial charge in [-0.25, -0.2) is 0 Å².